The van der Waals surface area contributed by atoms with E-state index in [1.165, 1.54) is 83.5 Å². The highest BCUT2D eigenvalue weighted by molar-refractivity contribution is 6.00. The zero-order valence-corrected chi connectivity index (χ0v) is 36.7. The van der Waals surface area contributed by atoms with Crippen LogP contribution in [0.2, 0.25) is 0 Å². The molecule has 0 saturated carbocycles. The highest BCUT2D eigenvalue weighted by atomic mass is 15.1. The average molecular weight is 810 g/mol. The van der Waals surface area contributed by atoms with Gasteiger partial charge in [0, 0.05) is 22.4 Å². The predicted molar refractivity (Wildman–Crippen MR) is 266 cm³/mol. The van der Waals surface area contributed by atoms with Crippen LogP contribution in [0.3, 0.4) is 0 Å². The molecule has 9 aromatic carbocycles. The first kappa shape index (κ1) is 38.7. The lowest BCUT2D eigenvalue weighted by Crippen LogP contribution is -2.29. The molecule has 0 fully saturated rings. The molecule has 0 heterocycles. The lowest BCUT2D eigenvalue weighted by molar-refractivity contribution is 0.588. The van der Waals surface area contributed by atoms with Gasteiger partial charge in [-0.25, -0.2) is 0 Å². The maximum atomic E-state index is 2.55. The van der Waals surface area contributed by atoms with Crippen LogP contribution in [0.1, 0.15) is 73.6 Å². The second-order valence-corrected chi connectivity index (χ2v) is 18.9. The van der Waals surface area contributed by atoms with E-state index in [0.717, 1.165) is 17.1 Å². The SMILES string of the molecule is CC(C)(C)c1ccc2c(c1)C(c1ccccc1)(c1ccccc1)c1cc(-c3ccccc3)cc(N(c3ccc(-c4ccccc4)cc3)c3ccc4c(c3)C(C)(C)c3ccccc3-4)c1-2. The van der Waals surface area contributed by atoms with Gasteiger partial charge in [-0.15, -0.1) is 0 Å². The van der Waals surface area contributed by atoms with E-state index in [9.17, 15) is 0 Å². The van der Waals surface area contributed by atoms with Crippen molar-refractivity contribution in [3.05, 3.63) is 257 Å². The molecule has 0 N–H and O–H groups in total. The van der Waals surface area contributed by atoms with Crippen LogP contribution in [0.4, 0.5) is 17.1 Å². The monoisotopic (exact) mass is 809 g/mol. The number of fused-ring (bicyclic) bond motifs is 6. The van der Waals surface area contributed by atoms with Gasteiger partial charge < -0.3 is 4.90 Å². The Labute approximate surface area is 373 Å². The summed E-state index contributed by atoms with van der Waals surface area (Å²) in [7, 11) is 0. The third-order valence-corrected chi connectivity index (χ3v) is 13.9. The van der Waals surface area contributed by atoms with Gasteiger partial charge in [0.25, 0.3) is 0 Å². The quantitative estimate of drug-likeness (QED) is 0.155. The molecule has 63 heavy (non-hydrogen) atoms. The fourth-order valence-electron chi connectivity index (χ4n) is 10.7. The molecule has 0 aliphatic heterocycles. The number of benzene rings is 9. The predicted octanol–water partition coefficient (Wildman–Crippen LogP) is 16.5. The number of hydrogen-bond donors (Lipinski definition) is 0. The van der Waals surface area contributed by atoms with Gasteiger partial charge >= 0.3 is 0 Å². The summed E-state index contributed by atoms with van der Waals surface area (Å²) in [6.07, 6.45) is 0. The van der Waals surface area contributed by atoms with Gasteiger partial charge in [-0.1, -0.05) is 217 Å². The molecule has 1 heteroatoms. The van der Waals surface area contributed by atoms with Crippen molar-refractivity contribution in [3.63, 3.8) is 0 Å². The number of anilines is 3. The number of hydrogen-bond acceptors (Lipinski definition) is 1. The van der Waals surface area contributed by atoms with Crippen LogP contribution in [0.5, 0.6) is 0 Å². The normalized spacial score (nSPS) is 14.0. The second kappa shape index (κ2) is 14.7. The highest BCUT2D eigenvalue weighted by Gasteiger charge is 2.48. The average Bonchev–Trinajstić information content (AvgIpc) is 3.75. The smallest absolute Gasteiger partial charge is 0.0714 e. The Bertz CT molecular complexity index is 3100. The van der Waals surface area contributed by atoms with Gasteiger partial charge in [-0.2, -0.15) is 0 Å². The van der Waals surface area contributed by atoms with Crippen molar-refractivity contribution in [2.45, 2.75) is 50.9 Å². The van der Waals surface area contributed by atoms with E-state index < -0.39 is 5.41 Å². The molecule has 9 aromatic rings. The van der Waals surface area contributed by atoms with Crippen LogP contribution in [0, 0.1) is 0 Å². The molecule has 0 amide bonds. The fourth-order valence-corrected chi connectivity index (χ4v) is 10.7. The summed E-state index contributed by atoms with van der Waals surface area (Å²) in [4.78, 5) is 2.55. The molecule has 0 atom stereocenters. The zero-order chi connectivity index (χ0) is 42.9. The Morgan fingerprint density at radius 3 is 1.49 bits per heavy atom. The first-order chi connectivity index (χ1) is 30.6. The van der Waals surface area contributed by atoms with Crippen LogP contribution in [-0.2, 0) is 16.2 Å². The minimum absolute atomic E-state index is 0.0533. The van der Waals surface area contributed by atoms with Crippen molar-refractivity contribution in [2.75, 3.05) is 4.90 Å². The summed E-state index contributed by atoms with van der Waals surface area (Å²) in [5, 5.41) is 0. The molecule has 0 radical (unpaired) electrons. The molecule has 0 unspecified atom stereocenters. The first-order valence-corrected chi connectivity index (χ1v) is 22.3. The molecular formula is C62H51N. The molecule has 0 aromatic heterocycles. The molecule has 1 nitrogen and oxygen atoms in total. The number of nitrogens with zero attached hydrogens (tertiary/aromatic N) is 1. The fraction of sp³-hybridized carbons (Fsp3) is 0.129. The molecule has 0 saturated heterocycles. The van der Waals surface area contributed by atoms with Crippen molar-refractivity contribution < 1.29 is 0 Å². The third kappa shape index (κ3) is 6.13. The summed E-state index contributed by atoms with van der Waals surface area (Å²) < 4.78 is 0. The van der Waals surface area contributed by atoms with Crippen LogP contribution >= 0.6 is 0 Å². The van der Waals surface area contributed by atoms with Crippen LogP contribution in [0.15, 0.2) is 218 Å². The Morgan fingerprint density at radius 2 is 0.873 bits per heavy atom. The first-order valence-electron chi connectivity index (χ1n) is 22.3. The van der Waals surface area contributed by atoms with Crippen molar-refractivity contribution >= 4 is 17.1 Å². The van der Waals surface area contributed by atoms with E-state index in [4.69, 9.17) is 0 Å². The van der Waals surface area contributed by atoms with Crippen LogP contribution < -0.4 is 4.90 Å². The van der Waals surface area contributed by atoms with Crippen LogP contribution in [-0.4, -0.2) is 0 Å². The van der Waals surface area contributed by atoms with Gasteiger partial charge in [0.2, 0.25) is 0 Å². The Balaban J connectivity index is 1.27. The van der Waals surface area contributed by atoms with Crippen molar-refractivity contribution in [2.24, 2.45) is 0 Å². The van der Waals surface area contributed by atoms with Crippen molar-refractivity contribution in [1.82, 2.24) is 0 Å². The summed E-state index contributed by atoms with van der Waals surface area (Å²) in [5.41, 5.74) is 21.7. The zero-order valence-electron chi connectivity index (χ0n) is 36.7. The maximum Gasteiger partial charge on any atom is 0.0714 e. The van der Waals surface area contributed by atoms with Gasteiger partial charge in [-0.3, -0.25) is 0 Å². The number of rotatable bonds is 7. The Kier molecular flexibility index (Phi) is 9.03. The Morgan fingerprint density at radius 1 is 0.365 bits per heavy atom. The van der Waals surface area contributed by atoms with E-state index in [1.54, 1.807) is 0 Å². The minimum atomic E-state index is -0.599. The Hall–Kier alpha value is -7.22. The summed E-state index contributed by atoms with van der Waals surface area (Å²) in [5.74, 6) is 0. The topological polar surface area (TPSA) is 3.24 Å². The largest absolute Gasteiger partial charge is 0.310 e. The van der Waals surface area contributed by atoms with Gasteiger partial charge in [0.1, 0.15) is 0 Å². The van der Waals surface area contributed by atoms with Gasteiger partial charge in [0.05, 0.1) is 11.1 Å². The lowest BCUT2D eigenvalue weighted by atomic mass is 9.66. The molecule has 304 valence electrons. The summed E-state index contributed by atoms with van der Waals surface area (Å²) in [6.45, 7) is 11.8. The van der Waals surface area contributed by atoms with E-state index in [1.807, 2.05) is 0 Å². The standard InChI is InChI=1S/C62H51N/c1-60(2,3)48-32-36-53-56(40-48)62(46-24-14-8-15-25-46,47-26-16-9-17-27-47)57-38-45(43-22-12-7-13-23-43)39-58(59(53)57)63(49-33-30-44(31-34-49)42-20-10-6-11-21-42)50-35-37-52-51-28-18-19-29-54(51)61(4,5)55(52)41-50/h6-41H,1-5H3. The molecule has 2 aliphatic carbocycles. The minimum Gasteiger partial charge on any atom is -0.310 e. The van der Waals surface area contributed by atoms with Crippen LogP contribution in [0.25, 0.3) is 44.5 Å². The summed E-state index contributed by atoms with van der Waals surface area (Å²) in [6, 6.07) is 81.7. The maximum absolute atomic E-state index is 2.55. The third-order valence-electron chi connectivity index (χ3n) is 13.9. The van der Waals surface area contributed by atoms with Crippen molar-refractivity contribution in [3.8, 4) is 44.5 Å². The molecular weight excluding hydrogens is 759 g/mol. The molecule has 0 spiro atoms. The van der Waals surface area contributed by atoms with E-state index in [0.29, 0.717) is 0 Å². The van der Waals surface area contributed by atoms with Gasteiger partial charge in [0.15, 0.2) is 0 Å². The van der Waals surface area contributed by atoms with E-state index >= 15 is 0 Å². The lowest BCUT2D eigenvalue weighted by Gasteiger charge is -2.35. The second-order valence-electron chi connectivity index (χ2n) is 18.9. The van der Waals surface area contributed by atoms with Crippen molar-refractivity contribution in [1.29, 1.82) is 0 Å². The molecule has 2 aliphatic rings. The van der Waals surface area contributed by atoms with E-state index in [-0.39, 0.29) is 10.8 Å². The summed E-state index contributed by atoms with van der Waals surface area (Å²) >= 11 is 0. The highest BCUT2D eigenvalue weighted by Crippen LogP contribution is 2.61. The van der Waals surface area contributed by atoms with Gasteiger partial charge in [-0.05, 0) is 120 Å². The molecule has 0 bridgehead atoms. The van der Waals surface area contributed by atoms with E-state index in [2.05, 4.69) is 258 Å². The molecule has 11 rings (SSSR count).